The van der Waals surface area contributed by atoms with Crippen LogP contribution in [0.25, 0.3) is 0 Å². The second-order valence-corrected chi connectivity index (χ2v) is 4.29. The molecule has 0 amide bonds. The summed E-state index contributed by atoms with van der Waals surface area (Å²) in [6.07, 6.45) is -2.27. The van der Waals surface area contributed by atoms with E-state index in [0.29, 0.717) is 12.5 Å². The predicted octanol–water partition coefficient (Wildman–Crippen LogP) is 2.73. The van der Waals surface area contributed by atoms with Crippen molar-refractivity contribution in [3.8, 4) is 0 Å². The van der Waals surface area contributed by atoms with E-state index in [-0.39, 0.29) is 12.5 Å². The SMILES string of the molecule is CCC1OCCC1CNCCCC(F)(F)F. The molecule has 0 aromatic rings. The lowest BCUT2D eigenvalue weighted by Gasteiger charge is -2.17. The first kappa shape index (κ1) is 13.8. The maximum Gasteiger partial charge on any atom is 0.389 e. The lowest BCUT2D eigenvalue weighted by atomic mass is 10.00. The second kappa shape index (κ2) is 6.45. The van der Waals surface area contributed by atoms with E-state index in [1.807, 2.05) is 0 Å². The van der Waals surface area contributed by atoms with Crippen LogP contribution in [0.15, 0.2) is 0 Å². The van der Waals surface area contributed by atoms with E-state index in [1.54, 1.807) is 0 Å². The quantitative estimate of drug-likeness (QED) is 0.720. The van der Waals surface area contributed by atoms with Gasteiger partial charge in [0.25, 0.3) is 0 Å². The van der Waals surface area contributed by atoms with E-state index in [9.17, 15) is 13.2 Å². The van der Waals surface area contributed by atoms with Gasteiger partial charge in [-0.2, -0.15) is 13.2 Å². The molecule has 5 heteroatoms. The minimum absolute atomic E-state index is 0.161. The van der Waals surface area contributed by atoms with Gasteiger partial charge in [-0.25, -0.2) is 0 Å². The molecular formula is C11H20F3NO. The van der Waals surface area contributed by atoms with Gasteiger partial charge in [0, 0.05) is 19.6 Å². The van der Waals surface area contributed by atoms with Gasteiger partial charge in [-0.15, -0.1) is 0 Å². The Labute approximate surface area is 94.5 Å². The van der Waals surface area contributed by atoms with Crippen molar-refractivity contribution in [2.45, 2.75) is 44.9 Å². The Bertz CT molecular complexity index is 196. The molecule has 1 saturated heterocycles. The summed E-state index contributed by atoms with van der Waals surface area (Å²) in [5.74, 6) is 0.468. The van der Waals surface area contributed by atoms with Crippen molar-refractivity contribution in [2.75, 3.05) is 19.7 Å². The van der Waals surface area contributed by atoms with E-state index >= 15 is 0 Å². The summed E-state index contributed by atoms with van der Waals surface area (Å²) in [5, 5.41) is 3.08. The number of rotatable bonds is 6. The van der Waals surface area contributed by atoms with Gasteiger partial charge >= 0.3 is 6.18 Å². The molecule has 0 radical (unpaired) electrons. The molecule has 2 unspecified atom stereocenters. The number of hydrogen-bond donors (Lipinski definition) is 1. The van der Waals surface area contributed by atoms with Crippen LogP contribution in [0, 0.1) is 5.92 Å². The van der Waals surface area contributed by atoms with Gasteiger partial charge in [-0.05, 0) is 31.7 Å². The second-order valence-electron chi connectivity index (χ2n) is 4.29. The fourth-order valence-electron chi connectivity index (χ4n) is 2.08. The summed E-state index contributed by atoms with van der Waals surface area (Å²) >= 11 is 0. The van der Waals surface area contributed by atoms with Crippen molar-refractivity contribution < 1.29 is 17.9 Å². The summed E-state index contributed by atoms with van der Waals surface area (Å²) in [5.41, 5.74) is 0. The Morgan fingerprint density at radius 2 is 2.12 bits per heavy atom. The van der Waals surface area contributed by atoms with E-state index < -0.39 is 12.6 Å². The van der Waals surface area contributed by atoms with Gasteiger partial charge in [0.1, 0.15) is 0 Å². The molecule has 2 atom stereocenters. The minimum atomic E-state index is -4.02. The van der Waals surface area contributed by atoms with Gasteiger partial charge in [0.2, 0.25) is 0 Å². The average Bonchev–Trinajstić information content (AvgIpc) is 2.63. The molecule has 0 aromatic carbocycles. The molecule has 0 saturated carbocycles. The zero-order valence-corrected chi connectivity index (χ0v) is 9.65. The van der Waals surface area contributed by atoms with E-state index in [2.05, 4.69) is 12.2 Å². The van der Waals surface area contributed by atoms with Crippen molar-refractivity contribution >= 4 is 0 Å². The number of hydrogen-bond acceptors (Lipinski definition) is 2. The fourth-order valence-corrected chi connectivity index (χ4v) is 2.08. The van der Waals surface area contributed by atoms with Crippen molar-refractivity contribution in [3.05, 3.63) is 0 Å². The van der Waals surface area contributed by atoms with Crippen LogP contribution in [-0.2, 0) is 4.74 Å². The molecule has 0 aliphatic carbocycles. The van der Waals surface area contributed by atoms with Crippen LogP contribution in [0.1, 0.15) is 32.6 Å². The molecule has 0 spiro atoms. The number of alkyl halides is 3. The highest BCUT2D eigenvalue weighted by Crippen LogP contribution is 2.23. The number of halogens is 3. The summed E-state index contributed by atoms with van der Waals surface area (Å²) in [7, 11) is 0. The van der Waals surface area contributed by atoms with Crippen molar-refractivity contribution in [1.29, 1.82) is 0 Å². The zero-order valence-electron chi connectivity index (χ0n) is 9.65. The first-order valence-corrected chi connectivity index (χ1v) is 5.92. The van der Waals surface area contributed by atoms with Crippen LogP contribution < -0.4 is 5.32 Å². The maximum absolute atomic E-state index is 11.9. The Morgan fingerprint density at radius 1 is 1.38 bits per heavy atom. The Kier molecular flexibility index (Phi) is 5.55. The van der Waals surface area contributed by atoms with E-state index in [4.69, 9.17) is 4.74 Å². The predicted molar refractivity (Wildman–Crippen MR) is 56.3 cm³/mol. The van der Waals surface area contributed by atoms with Crippen molar-refractivity contribution in [2.24, 2.45) is 5.92 Å². The Balaban J connectivity index is 2.03. The molecule has 1 fully saturated rings. The first-order chi connectivity index (χ1) is 7.53. The molecule has 2 nitrogen and oxygen atoms in total. The molecule has 1 N–H and O–H groups in total. The molecule has 1 aliphatic heterocycles. The highest BCUT2D eigenvalue weighted by atomic mass is 19.4. The third-order valence-electron chi connectivity index (χ3n) is 2.97. The normalized spacial score (nSPS) is 26.2. The lowest BCUT2D eigenvalue weighted by Crippen LogP contribution is -2.29. The Morgan fingerprint density at radius 3 is 2.75 bits per heavy atom. The molecular weight excluding hydrogens is 219 g/mol. The van der Waals surface area contributed by atoms with Crippen LogP contribution in [0.5, 0.6) is 0 Å². The maximum atomic E-state index is 11.9. The fraction of sp³-hybridized carbons (Fsp3) is 1.00. The van der Waals surface area contributed by atoms with Crippen molar-refractivity contribution in [1.82, 2.24) is 5.32 Å². The molecule has 0 aromatic heterocycles. The topological polar surface area (TPSA) is 21.3 Å². The molecule has 96 valence electrons. The molecule has 16 heavy (non-hydrogen) atoms. The summed E-state index contributed by atoms with van der Waals surface area (Å²) in [4.78, 5) is 0. The van der Waals surface area contributed by atoms with Gasteiger partial charge in [0.15, 0.2) is 0 Å². The van der Waals surface area contributed by atoms with Crippen LogP contribution >= 0.6 is 0 Å². The van der Waals surface area contributed by atoms with Crippen LogP contribution in [0.4, 0.5) is 13.2 Å². The number of ether oxygens (including phenoxy) is 1. The Hall–Kier alpha value is -0.290. The van der Waals surface area contributed by atoms with Gasteiger partial charge in [-0.1, -0.05) is 6.92 Å². The van der Waals surface area contributed by atoms with E-state index in [0.717, 1.165) is 26.0 Å². The summed E-state index contributed by atoms with van der Waals surface area (Å²) < 4.78 is 41.1. The smallest absolute Gasteiger partial charge is 0.378 e. The lowest BCUT2D eigenvalue weighted by molar-refractivity contribution is -0.135. The zero-order chi connectivity index (χ0) is 12.0. The molecule has 0 bridgehead atoms. The van der Waals surface area contributed by atoms with Crippen molar-refractivity contribution in [3.63, 3.8) is 0 Å². The van der Waals surface area contributed by atoms with Gasteiger partial charge < -0.3 is 10.1 Å². The third kappa shape index (κ3) is 5.16. The highest BCUT2D eigenvalue weighted by Gasteiger charge is 2.27. The average molecular weight is 239 g/mol. The van der Waals surface area contributed by atoms with Gasteiger partial charge in [0.05, 0.1) is 6.10 Å². The van der Waals surface area contributed by atoms with Gasteiger partial charge in [-0.3, -0.25) is 0 Å². The highest BCUT2D eigenvalue weighted by molar-refractivity contribution is 4.76. The van der Waals surface area contributed by atoms with Crippen LogP contribution in [0.3, 0.4) is 0 Å². The standard InChI is InChI=1S/C11H20F3NO/c1-2-10-9(4-7-16-10)8-15-6-3-5-11(12,13)14/h9-10,15H,2-8H2,1H3. The third-order valence-corrected chi connectivity index (χ3v) is 2.97. The molecule has 1 aliphatic rings. The monoisotopic (exact) mass is 239 g/mol. The first-order valence-electron chi connectivity index (χ1n) is 5.92. The van der Waals surface area contributed by atoms with Crippen LogP contribution in [-0.4, -0.2) is 32.0 Å². The largest absolute Gasteiger partial charge is 0.389 e. The molecule has 1 heterocycles. The van der Waals surface area contributed by atoms with Crippen LogP contribution in [0.2, 0.25) is 0 Å². The minimum Gasteiger partial charge on any atom is -0.378 e. The summed E-state index contributed by atoms with van der Waals surface area (Å²) in [6.45, 7) is 4.07. The summed E-state index contributed by atoms with van der Waals surface area (Å²) in [6, 6.07) is 0. The van der Waals surface area contributed by atoms with E-state index in [1.165, 1.54) is 0 Å². The molecule has 1 rings (SSSR count). The number of nitrogens with one attached hydrogen (secondary N) is 1.